The summed E-state index contributed by atoms with van der Waals surface area (Å²) in [6, 6.07) is 13.4. The summed E-state index contributed by atoms with van der Waals surface area (Å²) < 4.78 is 7.13. The van der Waals surface area contributed by atoms with Gasteiger partial charge in [0.2, 0.25) is 4.77 Å². The third-order valence-corrected chi connectivity index (χ3v) is 3.69. The molecule has 0 radical (unpaired) electrons. The molecular weight excluding hydrogens is 342 g/mol. The van der Waals surface area contributed by atoms with Crippen molar-refractivity contribution < 1.29 is 9.66 Å². The molecule has 25 heavy (non-hydrogen) atoms. The van der Waals surface area contributed by atoms with Gasteiger partial charge in [-0.3, -0.25) is 10.1 Å². The molecule has 0 fully saturated rings. The molecular formula is C16H13N5O3S. The number of nitrogens with zero attached hydrogens (tertiary/aromatic N) is 4. The number of aromatic amines is 1. The summed E-state index contributed by atoms with van der Waals surface area (Å²) in [6.45, 7) is 0. The molecule has 1 N–H and O–H groups in total. The van der Waals surface area contributed by atoms with Crippen molar-refractivity contribution >= 4 is 24.1 Å². The second-order valence-corrected chi connectivity index (χ2v) is 5.34. The third-order valence-electron chi connectivity index (χ3n) is 3.42. The normalized spacial score (nSPS) is 10.9. The largest absolute Gasteiger partial charge is 0.496 e. The van der Waals surface area contributed by atoms with Gasteiger partial charge in [-0.2, -0.15) is 14.9 Å². The number of aromatic nitrogens is 3. The number of ether oxygens (including phenoxy) is 1. The molecule has 0 saturated carbocycles. The summed E-state index contributed by atoms with van der Waals surface area (Å²) in [5, 5.41) is 21.9. The van der Waals surface area contributed by atoms with E-state index in [0.717, 1.165) is 5.56 Å². The van der Waals surface area contributed by atoms with Crippen LogP contribution in [-0.4, -0.2) is 33.1 Å². The van der Waals surface area contributed by atoms with Gasteiger partial charge in [0.1, 0.15) is 5.75 Å². The molecule has 126 valence electrons. The third kappa shape index (κ3) is 3.45. The highest BCUT2D eigenvalue weighted by atomic mass is 32.1. The maximum Gasteiger partial charge on any atom is 0.269 e. The number of nitro benzene ring substituents is 1. The Bertz CT molecular complexity index is 992. The minimum Gasteiger partial charge on any atom is -0.496 e. The van der Waals surface area contributed by atoms with E-state index >= 15 is 0 Å². The Labute approximate surface area is 147 Å². The lowest BCUT2D eigenvalue weighted by Gasteiger charge is -2.06. The first kappa shape index (κ1) is 16.5. The molecule has 0 unspecified atom stereocenters. The van der Waals surface area contributed by atoms with Crippen LogP contribution in [0, 0.1) is 14.9 Å². The van der Waals surface area contributed by atoms with Gasteiger partial charge in [-0.1, -0.05) is 12.1 Å². The highest BCUT2D eigenvalue weighted by Gasteiger charge is 2.12. The molecule has 3 rings (SSSR count). The highest BCUT2D eigenvalue weighted by Crippen LogP contribution is 2.28. The summed E-state index contributed by atoms with van der Waals surface area (Å²) >= 11 is 5.22. The van der Waals surface area contributed by atoms with E-state index in [4.69, 9.17) is 17.0 Å². The molecule has 0 amide bonds. The second-order valence-electron chi connectivity index (χ2n) is 4.96. The Hall–Kier alpha value is -3.33. The molecule has 0 aliphatic rings. The molecule has 0 aliphatic heterocycles. The van der Waals surface area contributed by atoms with Gasteiger partial charge < -0.3 is 4.74 Å². The van der Waals surface area contributed by atoms with Gasteiger partial charge in [0, 0.05) is 12.1 Å². The average molecular weight is 355 g/mol. The molecule has 2 aromatic carbocycles. The molecule has 0 atom stereocenters. The lowest BCUT2D eigenvalue weighted by atomic mass is 10.2. The number of H-pyrrole nitrogens is 1. The van der Waals surface area contributed by atoms with E-state index in [1.807, 2.05) is 24.3 Å². The van der Waals surface area contributed by atoms with E-state index in [-0.39, 0.29) is 5.69 Å². The number of non-ortho nitro benzene ring substituents is 1. The fourth-order valence-corrected chi connectivity index (χ4v) is 2.39. The van der Waals surface area contributed by atoms with Gasteiger partial charge in [0.25, 0.3) is 5.69 Å². The van der Waals surface area contributed by atoms with Crippen molar-refractivity contribution in [1.82, 2.24) is 14.9 Å². The molecule has 0 spiro atoms. The minimum absolute atomic E-state index is 0.0202. The Morgan fingerprint density at radius 3 is 2.68 bits per heavy atom. The lowest BCUT2D eigenvalue weighted by Crippen LogP contribution is -1.97. The van der Waals surface area contributed by atoms with Crippen molar-refractivity contribution in [2.45, 2.75) is 0 Å². The predicted molar refractivity (Wildman–Crippen MR) is 95.5 cm³/mol. The predicted octanol–water partition coefficient (Wildman–Crippen LogP) is 3.41. The fourth-order valence-electron chi connectivity index (χ4n) is 2.21. The molecule has 0 aliphatic carbocycles. The molecule has 1 aromatic heterocycles. The Morgan fingerprint density at radius 2 is 2.00 bits per heavy atom. The van der Waals surface area contributed by atoms with E-state index < -0.39 is 4.92 Å². The summed E-state index contributed by atoms with van der Waals surface area (Å²) in [5.74, 6) is 1.14. The van der Waals surface area contributed by atoms with Crippen LogP contribution in [0.25, 0.3) is 11.4 Å². The summed E-state index contributed by atoms with van der Waals surface area (Å²) in [5.41, 5.74) is 1.45. The van der Waals surface area contributed by atoms with Crippen LogP contribution < -0.4 is 4.74 Å². The van der Waals surface area contributed by atoms with Crippen LogP contribution in [0.3, 0.4) is 0 Å². The zero-order chi connectivity index (χ0) is 17.8. The Balaban J connectivity index is 1.97. The zero-order valence-electron chi connectivity index (χ0n) is 13.1. The highest BCUT2D eigenvalue weighted by molar-refractivity contribution is 7.71. The van der Waals surface area contributed by atoms with Crippen molar-refractivity contribution in [2.75, 3.05) is 7.11 Å². The fraction of sp³-hybridized carbons (Fsp3) is 0.0625. The summed E-state index contributed by atoms with van der Waals surface area (Å²) in [4.78, 5) is 10.2. The van der Waals surface area contributed by atoms with Crippen LogP contribution in [0.15, 0.2) is 53.6 Å². The van der Waals surface area contributed by atoms with Gasteiger partial charge in [0.15, 0.2) is 5.82 Å². The quantitative estimate of drug-likeness (QED) is 0.327. The van der Waals surface area contributed by atoms with Crippen LogP contribution in [0.5, 0.6) is 5.75 Å². The molecule has 3 aromatic rings. The van der Waals surface area contributed by atoms with Gasteiger partial charge in [-0.05, 0) is 42.0 Å². The van der Waals surface area contributed by atoms with Crippen LogP contribution >= 0.6 is 12.2 Å². The van der Waals surface area contributed by atoms with Crippen molar-refractivity contribution in [2.24, 2.45) is 5.10 Å². The first-order valence-electron chi connectivity index (χ1n) is 7.20. The molecule has 0 bridgehead atoms. The Morgan fingerprint density at radius 1 is 1.28 bits per heavy atom. The number of rotatable bonds is 5. The van der Waals surface area contributed by atoms with Gasteiger partial charge >= 0.3 is 0 Å². The van der Waals surface area contributed by atoms with Crippen LogP contribution in [-0.2, 0) is 0 Å². The number of para-hydroxylation sites is 1. The lowest BCUT2D eigenvalue weighted by molar-refractivity contribution is -0.384. The summed E-state index contributed by atoms with van der Waals surface area (Å²) in [6.07, 6.45) is 1.55. The Kier molecular flexibility index (Phi) is 4.66. The van der Waals surface area contributed by atoms with Gasteiger partial charge in [-0.15, -0.1) is 0 Å². The van der Waals surface area contributed by atoms with Crippen molar-refractivity contribution in [3.05, 3.63) is 69.0 Å². The van der Waals surface area contributed by atoms with Crippen LogP contribution in [0.1, 0.15) is 5.56 Å². The first-order valence-corrected chi connectivity index (χ1v) is 7.60. The van der Waals surface area contributed by atoms with Crippen molar-refractivity contribution in [3.8, 4) is 17.1 Å². The number of benzene rings is 2. The SMILES string of the molecule is COc1ccccc1-c1n[nH]c(=S)n1/N=C/c1ccc([N+](=O)[O-])cc1. The van der Waals surface area contributed by atoms with Crippen LogP contribution in [0.2, 0.25) is 0 Å². The topological polar surface area (TPSA) is 98.3 Å². The zero-order valence-corrected chi connectivity index (χ0v) is 13.9. The second kappa shape index (κ2) is 7.05. The van der Waals surface area contributed by atoms with E-state index in [9.17, 15) is 10.1 Å². The maximum absolute atomic E-state index is 10.7. The maximum atomic E-state index is 10.7. The molecule has 1 heterocycles. The van der Waals surface area contributed by atoms with Gasteiger partial charge in [0.05, 0.1) is 23.8 Å². The van der Waals surface area contributed by atoms with E-state index in [1.54, 1.807) is 25.5 Å². The number of nitro groups is 1. The van der Waals surface area contributed by atoms with Crippen LogP contribution in [0.4, 0.5) is 5.69 Å². The standard InChI is InChI=1S/C16H13N5O3S/c1-24-14-5-3-2-4-13(14)15-18-19-16(25)20(15)17-10-11-6-8-12(9-7-11)21(22)23/h2-10H,1H3,(H,19,25)/b17-10+. The monoisotopic (exact) mass is 355 g/mol. The van der Waals surface area contributed by atoms with Crippen molar-refractivity contribution in [1.29, 1.82) is 0 Å². The number of hydrogen-bond acceptors (Lipinski definition) is 6. The number of nitrogens with one attached hydrogen (secondary N) is 1. The first-order chi connectivity index (χ1) is 12.1. The smallest absolute Gasteiger partial charge is 0.269 e. The minimum atomic E-state index is -0.452. The van der Waals surface area contributed by atoms with Crippen molar-refractivity contribution in [3.63, 3.8) is 0 Å². The summed E-state index contributed by atoms with van der Waals surface area (Å²) in [7, 11) is 1.57. The average Bonchev–Trinajstić information content (AvgIpc) is 3.00. The van der Waals surface area contributed by atoms with Gasteiger partial charge in [-0.25, -0.2) is 5.10 Å². The van der Waals surface area contributed by atoms with E-state index in [1.165, 1.54) is 16.8 Å². The van der Waals surface area contributed by atoms with E-state index in [0.29, 0.717) is 21.9 Å². The number of hydrogen-bond donors (Lipinski definition) is 1. The van der Waals surface area contributed by atoms with E-state index in [2.05, 4.69) is 15.3 Å². The molecule has 8 nitrogen and oxygen atoms in total. The molecule has 9 heteroatoms. The number of methoxy groups -OCH3 is 1. The molecule has 0 saturated heterocycles.